The summed E-state index contributed by atoms with van der Waals surface area (Å²) in [6, 6.07) is 6.17. The molecule has 0 aliphatic heterocycles. The molecule has 0 radical (unpaired) electrons. The molecule has 92 valence electrons. The third kappa shape index (κ3) is 4.50. The fraction of sp³-hybridized carbons (Fsp3) is 0.364. The van der Waals surface area contributed by atoms with Crippen molar-refractivity contribution in [2.45, 2.75) is 13.3 Å². The van der Waals surface area contributed by atoms with Crippen LogP contribution in [0, 0.1) is 10.1 Å². The van der Waals surface area contributed by atoms with E-state index in [1.165, 1.54) is 12.1 Å². The van der Waals surface area contributed by atoms with Gasteiger partial charge in [-0.05, 0) is 18.9 Å². The first-order chi connectivity index (χ1) is 8.13. The lowest BCUT2D eigenvalue weighted by Gasteiger charge is -2.05. The van der Waals surface area contributed by atoms with E-state index in [1.54, 1.807) is 12.1 Å². The van der Waals surface area contributed by atoms with Gasteiger partial charge in [-0.1, -0.05) is 12.1 Å². The maximum absolute atomic E-state index is 11.1. The number of hydrogen-bond acceptors (Lipinski definition) is 3. The van der Waals surface area contributed by atoms with E-state index in [1.807, 2.05) is 6.92 Å². The van der Waals surface area contributed by atoms with Gasteiger partial charge < -0.3 is 10.6 Å². The molecule has 0 aromatic heterocycles. The predicted molar refractivity (Wildman–Crippen MR) is 63.9 cm³/mol. The SMILES string of the molecule is CCNC(=O)NCCc1cccc([N+](=O)[O-])c1. The van der Waals surface area contributed by atoms with E-state index >= 15 is 0 Å². The van der Waals surface area contributed by atoms with Gasteiger partial charge in [0.15, 0.2) is 0 Å². The Morgan fingerprint density at radius 1 is 1.41 bits per heavy atom. The number of non-ortho nitro benzene ring substituents is 1. The molecule has 0 saturated carbocycles. The Balaban J connectivity index is 2.44. The van der Waals surface area contributed by atoms with E-state index in [4.69, 9.17) is 0 Å². The zero-order valence-electron chi connectivity index (χ0n) is 9.60. The number of urea groups is 1. The molecule has 2 amide bonds. The van der Waals surface area contributed by atoms with Crippen molar-refractivity contribution in [3.8, 4) is 0 Å². The fourth-order valence-electron chi connectivity index (χ4n) is 1.37. The largest absolute Gasteiger partial charge is 0.338 e. The summed E-state index contributed by atoms with van der Waals surface area (Å²) in [7, 11) is 0. The van der Waals surface area contributed by atoms with Crippen LogP contribution in [0.1, 0.15) is 12.5 Å². The third-order valence-electron chi connectivity index (χ3n) is 2.16. The van der Waals surface area contributed by atoms with Crippen LogP contribution in [0.5, 0.6) is 0 Å². The highest BCUT2D eigenvalue weighted by molar-refractivity contribution is 5.73. The molecule has 17 heavy (non-hydrogen) atoms. The second-order valence-electron chi connectivity index (χ2n) is 3.46. The van der Waals surface area contributed by atoms with Crippen LogP contribution in [0.4, 0.5) is 10.5 Å². The van der Waals surface area contributed by atoms with Crippen molar-refractivity contribution >= 4 is 11.7 Å². The van der Waals surface area contributed by atoms with E-state index in [0.29, 0.717) is 19.5 Å². The molecule has 0 saturated heterocycles. The van der Waals surface area contributed by atoms with E-state index in [9.17, 15) is 14.9 Å². The molecule has 0 aliphatic carbocycles. The number of nitrogens with one attached hydrogen (secondary N) is 2. The summed E-state index contributed by atoms with van der Waals surface area (Å²) in [5.41, 5.74) is 0.900. The molecule has 0 unspecified atom stereocenters. The maximum atomic E-state index is 11.1. The summed E-state index contributed by atoms with van der Waals surface area (Å²) >= 11 is 0. The maximum Gasteiger partial charge on any atom is 0.314 e. The fourth-order valence-corrected chi connectivity index (χ4v) is 1.37. The average molecular weight is 237 g/mol. The summed E-state index contributed by atoms with van der Waals surface area (Å²) < 4.78 is 0. The van der Waals surface area contributed by atoms with Gasteiger partial charge in [-0.15, -0.1) is 0 Å². The summed E-state index contributed by atoms with van der Waals surface area (Å²) in [4.78, 5) is 21.2. The Morgan fingerprint density at radius 3 is 2.82 bits per heavy atom. The molecular weight excluding hydrogens is 222 g/mol. The standard InChI is InChI=1S/C11H15N3O3/c1-2-12-11(15)13-7-6-9-4-3-5-10(8-9)14(16)17/h3-5,8H,2,6-7H2,1H3,(H2,12,13,15). The van der Waals surface area contributed by atoms with Gasteiger partial charge in [0.05, 0.1) is 4.92 Å². The van der Waals surface area contributed by atoms with Crippen molar-refractivity contribution in [2.75, 3.05) is 13.1 Å². The number of benzene rings is 1. The molecule has 0 atom stereocenters. The van der Waals surface area contributed by atoms with Crippen LogP contribution in [0.3, 0.4) is 0 Å². The first-order valence-corrected chi connectivity index (χ1v) is 5.38. The molecule has 0 fully saturated rings. The van der Waals surface area contributed by atoms with Gasteiger partial charge in [0.25, 0.3) is 5.69 Å². The smallest absolute Gasteiger partial charge is 0.314 e. The second-order valence-corrected chi connectivity index (χ2v) is 3.46. The minimum atomic E-state index is -0.430. The van der Waals surface area contributed by atoms with Gasteiger partial charge in [-0.2, -0.15) is 0 Å². The zero-order chi connectivity index (χ0) is 12.7. The molecule has 6 nitrogen and oxygen atoms in total. The van der Waals surface area contributed by atoms with Crippen molar-refractivity contribution in [1.29, 1.82) is 0 Å². The Kier molecular flexibility index (Phi) is 4.93. The van der Waals surface area contributed by atoms with E-state index in [-0.39, 0.29) is 11.7 Å². The monoisotopic (exact) mass is 237 g/mol. The van der Waals surface area contributed by atoms with Crippen LogP contribution in [0.2, 0.25) is 0 Å². The number of carbonyl (C=O) groups excluding carboxylic acids is 1. The van der Waals surface area contributed by atoms with Crippen LogP contribution < -0.4 is 10.6 Å². The van der Waals surface area contributed by atoms with Crippen LogP contribution in [-0.2, 0) is 6.42 Å². The first-order valence-electron chi connectivity index (χ1n) is 5.38. The summed E-state index contributed by atoms with van der Waals surface area (Å²) in [5.74, 6) is 0. The molecule has 1 aromatic rings. The number of hydrogen-bond donors (Lipinski definition) is 2. The quantitative estimate of drug-likeness (QED) is 0.600. The van der Waals surface area contributed by atoms with Crippen molar-refractivity contribution in [2.24, 2.45) is 0 Å². The number of rotatable bonds is 5. The Bertz CT molecular complexity index is 407. The lowest BCUT2D eigenvalue weighted by atomic mass is 10.1. The minimum absolute atomic E-state index is 0.0699. The van der Waals surface area contributed by atoms with E-state index in [2.05, 4.69) is 10.6 Å². The first kappa shape index (κ1) is 13.0. The van der Waals surface area contributed by atoms with Crippen molar-refractivity contribution in [1.82, 2.24) is 10.6 Å². The number of nitro groups is 1. The van der Waals surface area contributed by atoms with Gasteiger partial charge in [0.2, 0.25) is 0 Å². The van der Waals surface area contributed by atoms with Gasteiger partial charge in [0, 0.05) is 25.2 Å². The molecule has 0 spiro atoms. The number of nitrogens with zero attached hydrogens (tertiary/aromatic N) is 1. The summed E-state index contributed by atoms with van der Waals surface area (Å²) in [6.07, 6.45) is 0.568. The van der Waals surface area contributed by atoms with Gasteiger partial charge in [-0.3, -0.25) is 10.1 Å². The van der Waals surface area contributed by atoms with E-state index in [0.717, 1.165) is 5.56 Å². The highest BCUT2D eigenvalue weighted by Crippen LogP contribution is 2.12. The molecular formula is C11H15N3O3. The number of nitro benzene ring substituents is 1. The summed E-state index contributed by atoms with van der Waals surface area (Å²) in [6.45, 7) is 2.86. The molecule has 2 N–H and O–H groups in total. The molecule has 6 heteroatoms. The van der Waals surface area contributed by atoms with Crippen LogP contribution in [0.25, 0.3) is 0 Å². The van der Waals surface area contributed by atoms with Crippen LogP contribution in [-0.4, -0.2) is 24.0 Å². The van der Waals surface area contributed by atoms with Gasteiger partial charge in [0.1, 0.15) is 0 Å². The second kappa shape index (κ2) is 6.47. The molecule has 0 aliphatic rings. The normalized spacial score (nSPS) is 9.71. The number of carbonyl (C=O) groups is 1. The third-order valence-corrected chi connectivity index (χ3v) is 2.16. The van der Waals surface area contributed by atoms with Crippen LogP contribution in [0.15, 0.2) is 24.3 Å². The minimum Gasteiger partial charge on any atom is -0.338 e. The Hall–Kier alpha value is -2.11. The lowest BCUT2D eigenvalue weighted by molar-refractivity contribution is -0.384. The molecule has 1 aromatic carbocycles. The molecule has 0 bridgehead atoms. The van der Waals surface area contributed by atoms with Crippen molar-refractivity contribution in [3.63, 3.8) is 0 Å². The van der Waals surface area contributed by atoms with E-state index < -0.39 is 4.92 Å². The van der Waals surface area contributed by atoms with Gasteiger partial charge >= 0.3 is 6.03 Å². The Morgan fingerprint density at radius 2 is 2.18 bits per heavy atom. The zero-order valence-corrected chi connectivity index (χ0v) is 9.60. The molecule has 0 heterocycles. The van der Waals surface area contributed by atoms with Crippen LogP contribution >= 0.6 is 0 Å². The van der Waals surface area contributed by atoms with Gasteiger partial charge in [-0.25, -0.2) is 4.79 Å². The predicted octanol–water partition coefficient (Wildman–Crippen LogP) is 1.46. The average Bonchev–Trinajstić information content (AvgIpc) is 2.30. The highest BCUT2D eigenvalue weighted by Gasteiger charge is 2.05. The lowest BCUT2D eigenvalue weighted by Crippen LogP contribution is -2.36. The number of amides is 2. The van der Waals surface area contributed by atoms with Crippen molar-refractivity contribution in [3.05, 3.63) is 39.9 Å². The molecule has 1 rings (SSSR count). The summed E-state index contributed by atoms with van der Waals surface area (Å²) in [5, 5.41) is 15.8. The van der Waals surface area contributed by atoms with Crippen molar-refractivity contribution < 1.29 is 9.72 Å². The topological polar surface area (TPSA) is 84.3 Å². The highest BCUT2D eigenvalue weighted by atomic mass is 16.6. The Labute approximate surface area is 99.2 Å².